The topological polar surface area (TPSA) is 140 Å². The molecule has 5 heterocycles. The van der Waals surface area contributed by atoms with Gasteiger partial charge in [0.15, 0.2) is 11.4 Å². The molecule has 1 aliphatic heterocycles. The lowest BCUT2D eigenvalue weighted by Crippen LogP contribution is -2.36. The number of pyridine rings is 1. The van der Waals surface area contributed by atoms with E-state index in [-0.39, 0.29) is 12.1 Å². The van der Waals surface area contributed by atoms with Gasteiger partial charge < -0.3 is 15.3 Å². The molecule has 1 atom stereocenters. The Kier molecular flexibility index (Phi) is 5.02. The normalized spacial score (nSPS) is 18.2. The van der Waals surface area contributed by atoms with Crippen LogP contribution in [0, 0.1) is 0 Å². The number of nitrogens with one attached hydrogen (secondary N) is 1. The predicted octanol–water partition coefficient (Wildman–Crippen LogP) is 1.30. The predicted molar refractivity (Wildman–Crippen MR) is 118 cm³/mol. The SMILES string of the molecule is CN1CCC(O)(c2cn(-c3cccc(-c4ccnc(Nc5cnn(C)c5Cl)n4)n3)nn2)C1=O. The van der Waals surface area contributed by atoms with Crippen molar-refractivity contribution in [3.05, 3.63) is 53.7 Å². The first-order valence-electron chi connectivity index (χ1n) is 10.0. The Labute approximate surface area is 192 Å². The Bertz CT molecular complexity index is 1350. The van der Waals surface area contributed by atoms with E-state index in [1.54, 1.807) is 50.8 Å². The Hall–Kier alpha value is -3.90. The summed E-state index contributed by atoms with van der Waals surface area (Å²) in [6, 6.07) is 7.07. The zero-order chi connectivity index (χ0) is 23.2. The van der Waals surface area contributed by atoms with Gasteiger partial charge in [-0.2, -0.15) is 5.10 Å². The minimum atomic E-state index is -1.68. The van der Waals surface area contributed by atoms with Gasteiger partial charge in [-0.3, -0.25) is 9.48 Å². The van der Waals surface area contributed by atoms with Gasteiger partial charge in [-0.25, -0.2) is 19.6 Å². The molecule has 13 heteroatoms. The van der Waals surface area contributed by atoms with Crippen LogP contribution in [0.2, 0.25) is 5.15 Å². The third-order valence-electron chi connectivity index (χ3n) is 5.43. The van der Waals surface area contributed by atoms with E-state index in [0.29, 0.717) is 40.5 Å². The van der Waals surface area contributed by atoms with Crippen molar-refractivity contribution in [3.8, 4) is 17.2 Å². The van der Waals surface area contributed by atoms with Crippen molar-refractivity contribution in [2.24, 2.45) is 7.05 Å². The second-order valence-electron chi connectivity index (χ2n) is 7.63. The van der Waals surface area contributed by atoms with E-state index in [1.807, 2.05) is 0 Å². The molecule has 4 aromatic rings. The molecule has 1 aliphatic rings. The van der Waals surface area contributed by atoms with Gasteiger partial charge in [0.1, 0.15) is 10.8 Å². The van der Waals surface area contributed by atoms with Crippen molar-refractivity contribution in [1.29, 1.82) is 0 Å². The van der Waals surface area contributed by atoms with Crippen molar-refractivity contribution in [3.63, 3.8) is 0 Å². The molecular weight excluding hydrogens is 448 g/mol. The zero-order valence-electron chi connectivity index (χ0n) is 17.7. The molecule has 0 aromatic carbocycles. The van der Waals surface area contributed by atoms with Crippen LogP contribution in [0.5, 0.6) is 0 Å². The molecule has 5 rings (SSSR count). The fraction of sp³-hybridized carbons (Fsp3) is 0.250. The molecule has 168 valence electrons. The van der Waals surface area contributed by atoms with E-state index >= 15 is 0 Å². The number of likely N-dealkylation sites (N-methyl/N-ethyl adjacent to an activating group) is 1. The second kappa shape index (κ2) is 7.90. The molecule has 0 spiro atoms. The van der Waals surface area contributed by atoms with Crippen molar-refractivity contribution in [2.45, 2.75) is 12.0 Å². The average molecular weight is 467 g/mol. The molecule has 0 aliphatic carbocycles. The van der Waals surface area contributed by atoms with Gasteiger partial charge in [0.25, 0.3) is 5.91 Å². The third kappa shape index (κ3) is 3.68. The van der Waals surface area contributed by atoms with Crippen LogP contribution in [-0.2, 0) is 17.4 Å². The van der Waals surface area contributed by atoms with E-state index in [4.69, 9.17) is 11.6 Å². The third-order valence-corrected chi connectivity index (χ3v) is 5.87. The number of halogens is 1. The summed E-state index contributed by atoms with van der Waals surface area (Å²) >= 11 is 6.19. The second-order valence-corrected chi connectivity index (χ2v) is 7.99. The number of rotatable bonds is 5. The fourth-order valence-corrected chi connectivity index (χ4v) is 3.68. The number of amides is 1. The van der Waals surface area contributed by atoms with Gasteiger partial charge in [-0.15, -0.1) is 5.10 Å². The number of hydrogen-bond donors (Lipinski definition) is 2. The zero-order valence-corrected chi connectivity index (χ0v) is 18.5. The Morgan fingerprint density at radius 2 is 2.00 bits per heavy atom. The number of aliphatic hydroxyl groups is 1. The maximum atomic E-state index is 12.3. The quantitative estimate of drug-likeness (QED) is 0.445. The highest BCUT2D eigenvalue weighted by molar-refractivity contribution is 6.32. The molecule has 1 unspecified atom stereocenters. The lowest BCUT2D eigenvalue weighted by Gasteiger charge is -2.17. The Balaban J connectivity index is 1.42. The van der Waals surface area contributed by atoms with Crippen LogP contribution in [0.25, 0.3) is 17.2 Å². The number of anilines is 2. The van der Waals surface area contributed by atoms with E-state index in [0.717, 1.165) is 0 Å². The highest BCUT2D eigenvalue weighted by Crippen LogP contribution is 2.31. The maximum Gasteiger partial charge on any atom is 0.260 e. The number of carbonyl (C=O) groups is 1. The lowest BCUT2D eigenvalue weighted by molar-refractivity contribution is -0.143. The number of hydrogen-bond acceptors (Lipinski definition) is 9. The van der Waals surface area contributed by atoms with Crippen LogP contribution in [-0.4, -0.2) is 69.2 Å². The molecule has 0 bridgehead atoms. The van der Waals surface area contributed by atoms with Gasteiger partial charge in [-0.05, 0) is 18.2 Å². The monoisotopic (exact) mass is 466 g/mol. The lowest BCUT2D eigenvalue weighted by atomic mass is 9.99. The van der Waals surface area contributed by atoms with Crippen LogP contribution in [0.15, 0.2) is 42.9 Å². The molecular formula is C20H19ClN10O2. The van der Waals surface area contributed by atoms with E-state index < -0.39 is 11.5 Å². The van der Waals surface area contributed by atoms with Crippen LogP contribution < -0.4 is 5.32 Å². The number of likely N-dealkylation sites (tertiary alicyclic amines) is 1. The van der Waals surface area contributed by atoms with Gasteiger partial charge >= 0.3 is 0 Å². The minimum Gasteiger partial charge on any atom is -0.374 e. The van der Waals surface area contributed by atoms with E-state index in [1.165, 1.54) is 20.5 Å². The molecule has 2 N–H and O–H groups in total. The largest absolute Gasteiger partial charge is 0.374 e. The van der Waals surface area contributed by atoms with Crippen molar-refractivity contribution < 1.29 is 9.90 Å². The summed E-state index contributed by atoms with van der Waals surface area (Å²) in [6.07, 6.45) is 4.96. The first-order chi connectivity index (χ1) is 15.8. The maximum absolute atomic E-state index is 12.3. The number of aromatic nitrogens is 8. The van der Waals surface area contributed by atoms with Crippen LogP contribution >= 0.6 is 11.6 Å². The number of nitrogens with zero attached hydrogens (tertiary/aromatic N) is 9. The highest BCUT2D eigenvalue weighted by Gasteiger charge is 2.47. The van der Waals surface area contributed by atoms with E-state index in [9.17, 15) is 9.90 Å². The average Bonchev–Trinajstić information content (AvgIpc) is 3.52. The molecule has 4 aromatic heterocycles. The fourth-order valence-electron chi connectivity index (χ4n) is 3.54. The van der Waals surface area contributed by atoms with Gasteiger partial charge in [0.05, 0.1) is 29.5 Å². The number of aryl methyl sites for hydroxylation is 1. The molecule has 1 saturated heterocycles. The van der Waals surface area contributed by atoms with E-state index in [2.05, 4.69) is 35.7 Å². The minimum absolute atomic E-state index is 0.186. The molecule has 0 radical (unpaired) electrons. The van der Waals surface area contributed by atoms with Crippen LogP contribution in [0.1, 0.15) is 12.1 Å². The standard InChI is InChI=1S/C20H19ClN10O2/c1-29-9-7-20(33,18(29)32)15-11-31(28-27-15)16-5-3-4-12(24-16)13-6-8-22-19(25-13)26-14-10-23-30(2)17(14)21/h3-6,8,10-11,33H,7,9H2,1-2H3,(H,22,25,26). The molecule has 1 amide bonds. The van der Waals surface area contributed by atoms with Crippen LogP contribution in [0.3, 0.4) is 0 Å². The van der Waals surface area contributed by atoms with Crippen LogP contribution in [0.4, 0.5) is 11.6 Å². The Morgan fingerprint density at radius 3 is 2.73 bits per heavy atom. The summed E-state index contributed by atoms with van der Waals surface area (Å²) in [5.74, 6) is 0.395. The molecule has 12 nitrogen and oxygen atoms in total. The molecule has 33 heavy (non-hydrogen) atoms. The Morgan fingerprint density at radius 1 is 1.18 bits per heavy atom. The molecule has 1 fully saturated rings. The first kappa shape index (κ1) is 21.0. The highest BCUT2D eigenvalue weighted by atomic mass is 35.5. The summed E-state index contributed by atoms with van der Waals surface area (Å²) in [6.45, 7) is 0.449. The van der Waals surface area contributed by atoms with Crippen molar-refractivity contribution in [2.75, 3.05) is 18.9 Å². The summed E-state index contributed by atoms with van der Waals surface area (Å²) in [5.41, 5.74) is 0.235. The van der Waals surface area contributed by atoms with Crippen molar-refractivity contribution >= 4 is 29.1 Å². The number of carbonyl (C=O) groups excluding carboxylic acids is 1. The molecule has 0 saturated carbocycles. The first-order valence-corrected chi connectivity index (χ1v) is 10.4. The summed E-state index contributed by atoms with van der Waals surface area (Å²) in [4.78, 5) is 27.1. The summed E-state index contributed by atoms with van der Waals surface area (Å²) in [7, 11) is 3.37. The van der Waals surface area contributed by atoms with Gasteiger partial charge in [0, 0.05) is 33.3 Å². The smallest absolute Gasteiger partial charge is 0.260 e. The van der Waals surface area contributed by atoms with Gasteiger partial charge in [-0.1, -0.05) is 22.9 Å². The van der Waals surface area contributed by atoms with Gasteiger partial charge in [0.2, 0.25) is 5.95 Å². The summed E-state index contributed by atoms with van der Waals surface area (Å²) < 4.78 is 2.94. The van der Waals surface area contributed by atoms with Crippen molar-refractivity contribution in [1.82, 2.24) is 44.6 Å². The summed E-state index contributed by atoms with van der Waals surface area (Å²) in [5, 5.41) is 26.4.